The monoisotopic (exact) mass is 181 g/mol. The average Bonchev–Trinajstić information content (AvgIpc) is 2.53. The van der Waals surface area contributed by atoms with Gasteiger partial charge in [-0.25, -0.2) is 0 Å². The lowest BCUT2D eigenvalue weighted by molar-refractivity contribution is 0.277. The van der Waals surface area contributed by atoms with Crippen molar-refractivity contribution in [3.05, 3.63) is 0 Å². The Morgan fingerprint density at radius 3 is 2.77 bits per heavy atom. The van der Waals surface area contributed by atoms with E-state index in [2.05, 4.69) is 18.7 Å². The topological polar surface area (TPSA) is 53.1 Å². The van der Waals surface area contributed by atoms with Crippen LogP contribution >= 0.6 is 0 Å². The van der Waals surface area contributed by atoms with Crippen molar-refractivity contribution in [2.75, 3.05) is 6.54 Å². The number of nitrogens with zero attached hydrogens (tertiary/aromatic N) is 1. The fourth-order valence-electron chi connectivity index (χ4n) is 3.16. The first-order chi connectivity index (χ1) is 6.02. The van der Waals surface area contributed by atoms with Crippen molar-refractivity contribution < 1.29 is 0 Å². The molecule has 0 bridgehead atoms. The van der Waals surface area contributed by atoms with Crippen molar-refractivity contribution in [3.8, 4) is 0 Å². The van der Waals surface area contributed by atoms with E-state index in [4.69, 9.17) is 11.1 Å². The second-order valence-electron chi connectivity index (χ2n) is 5.11. The van der Waals surface area contributed by atoms with E-state index < -0.39 is 0 Å². The molecular formula is C10H19N3. The molecule has 1 saturated heterocycles. The number of hydrogen-bond acceptors (Lipinski definition) is 1. The van der Waals surface area contributed by atoms with E-state index in [-0.39, 0.29) is 5.96 Å². The molecule has 0 spiro atoms. The highest BCUT2D eigenvalue weighted by molar-refractivity contribution is 5.75. The van der Waals surface area contributed by atoms with Crippen molar-refractivity contribution in [3.63, 3.8) is 0 Å². The third-order valence-corrected chi connectivity index (χ3v) is 3.77. The van der Waals surface area contributed by atoms with Gasteiger partial charge in [-0.2, -0.15) is 0 Å². The van der Waals surface area contributed by atoms with Crippen molar-refractivity contribution in [1.82, 2.24) is 4.90 Å². The van der Waals surface area contributed by atoms with Gasteiger partial charge in [-0.05, 0) is 24.2 Å². The molecule has 0 aromatic carbocycles. The minimum atomic E-state index is 0.266. The third kappa shape index (κ3) is 1.21. The van der Waals surface area contributed by atoms with Crippen molar-refractivity contribution in [1.29, 1.82) is 5.41 Å². The van der Waals surface area contributed by atoms with Gasteiger partial charge in [0.15, 0.2) is 5.96 Å². The Morgan fingerprint density at radius 2 is 2.15 bits per heavy atom. The fraction of sp³-hybridized carbons (Fsp3) is 0.900. The molecule has 2 atom stereocenters. The summed E-state index contributed by atoms with van der Waals surface area (Å²) in [5.41, 5.74) is 5.94. The molecular weight excluding hydrogens is 162 g/mol. The summed E-state index contributed by atoms with van der Waals surface area (Å²) in [5.74, 6) is 1.03. The van der Waals surface area contributed by atoms with Crippen LogP contribution in [0.1, 0.15) is 33.1 Å². The van der Waals surface area contributed by atoms with Crippen LogP contribution in [0.5, 0.6) is 0 Å². The molecule has 1 aliphatic heterocycles. The number of nitrogens with one attached hydrogen (secondary N) is 1. The first kappa shape index (κ1) is 8.85. The molecule has 74 valence electrons. The molecule has 2 aliphatic rings. The van der Waals surface area contributed by atoms with E-state index in [9.17, 15) is 0 Å². The number of nitrogens with two attached hydrogens (primary N) is 1. The van der Waals surface area contributed by atoms with Crippen molar-refractivity contribution in [2.45, 2.75) is 39.2 Å². The normalized spacial score (nSPS) is 36.3. The molecule has 2 fully saturated rings. The molecule has 13 heavy (non-hydrogen) atoms. The Bertz CT molecular complexity index is 234. The number of hydrogen-bond donors (Lipinski definition) is 2. The van der Waals surface area contributed by atoms with Crippen LogP contribution in [-0.2, 0) is 0 Å². The Kier molecular flexibility index (Phi) is 1.79. The van der Waals surface area contributed by atoms with E-state index in [0.717, 1.165) is 12.5 Å². The van der Waals surface area contributed by atoms with Gasteiger partial charge in [0.05, 0.1) is 0 Å². The molecule has 1 heterocycles. The molecule has 0 aromatic rings. The maximum Gasteiger partial charge on any atom is 0.188 e. The quantitative estimate of drug-likeness (QED) is 0.438. The highest BCUT2D eigenvalue weighted by Crippen LogP contribution is 2.48. The summed E-state index contributed by atoms with van der Waals surface area (Å²) in [4.78, 5) is 2.09. The Morgan fingerprint density at radius 1 is 1.46 bits per heavy atom. The summed E-state index contributed by atoms with van der Waals surface area (Å²) >= 11 is 0. The Labute approximate surface area is 79.8 Å². The van der Waals surface area contributed by atoms with Crippen LogP contribution in [0.2, 0.25) is 0 Å². The first-order valence-corrected chi connectivity index (χ1v) is 5.13. The average molecular weight is 181 g/mol. The van der Waals surface area contributed by atoms with Crippen molar-refractivity contribution >= 4 is 5.96 Å². The van der Waals surface area contributed by atoms with Crippen LogP contribution in [0.25, 0.3) is 0 Å². The molecule has 1 aliphatic carbocycles. The van der Waals surface area contributed by atoms with Crippen molar-refractivity contribution in [2.24, 2.45) is 17.1 Å². The highest BCUT2D eigenvalue weighted by Gasteiger charge is 2.49. The second-order valence-corrected chi connectivity index (χ2v) is 5.11. The second kappa shape index (κ2) is 2.63. The predicted molar refractivity (Wildman–Crippen MR) is 53.5 cm³/mol. The van der Waals surface area contributed by atoms with Crippen LogP contribution in [0.15, 0.2) is 0 Å². The zero-order valence-corrected chi connectivity index (χ0v) is 8.51. The highest BCUT2D eigenvalue weighted by atomic mass is 15.3. The number of guanidine groups is 1. The zero-order chi connectivity index (χ0) is 9.64. The zero-order valence-electron chi connectivity index (χ0n) is 8.51. The molecule has 1 saturated carbocycles. The lowest BCUT2D eigenvalue weighted by Gasteiger charge is -2.23. The molecule has 3 N–H and O–H groups in total. The first-order valence-electron chi connectivity index (χ1n) is 5.13. The minimum absolute atomic E-state index is 0.266. The van der Waals surface area contributed by atoms with Crippen LogP contribution in [0.3, 0.4) is 0 Å². The van der Waals surface area contributed by atoms with E-state index >= 15 is 0 Å². The van der Waals surface area contributed by atoms with Gasteiger partial charge in [0.25, 0.3) is 0 Å². The van der Waals surface area contributed by atoms with E-state index in [0.29, 0.717) is 11.5 Å². The van der Waals surface area contributed by atoms with E-state index in [1.165, 1.54) is 19.3 Å². The summed E-state index contributed by atoms with van der Waals surface area (Å²) in [6, 6.07) is 0.562. The van der Waals surface area contributed by atoms with Gasteiger partial charge in [-0.15, -0.1) is 0 Å². The van der Waals surface area contributed by atoms with Crippen LogP contribution in [0, 0.1) is 16.7 Å². The Balaban J connectivity index is 2.23. The van der Waals surface area contributed by atoms with Crippen LogP contribution < -0.4 is 5.73 Å². The summed E-state index contributed by atoms with van der Waals surface area (Å²) < 4.78 is 0. The predicted octanol–water partition coefficient (Wildman–Crippen LogP) is 1.39. The number of fused-ring (bicyclic) bond motifs is 1. The smallest absolute Gasteiger partial charge is 0.188 e. The molecule has 0 radical (unpaired) electrons. The summed E-state index contributed by atoms with van der Waals surface area (Å²) in [5, 5.41) is 7.52. The van der Waals surface area contributed by atoms with Gasteiger partial charge in [-0.3, -0.25) is 5.41 Å². The lowest BCUT2D eigenvalue weighted by Crippen LogP contribution is -2.40. The van der Waals surface area contributed by atoms with Gasteiger partial charge in [-0.1, -0.05) is 20.3 Å². The fourth-order valence-corrected chi connectivity index (χ4v) is 3.16. The summed E-state index contributed by atoms with van der Waals surface area (Å²) in [7, 11) is 0. The molecule has 2 unspecified atom stereocenters. The SMILES string of the molecule is CC1(C)CN(C(=N)N)C2CCCC21. The molecule has 0 amide bonds. The molecule has 0 aromatic heterocycles. The summed E-state index contributed by atoms with van der Waals surface area (Å²) in [6.45, 7) is 5.58. The molecule has 3 nitrogen and oxygen atoms in total. The van der Waals surface area contributed by atoms with Gasteiger partial charge in [0, 0.05) is 12.6 Å². The van der Waals surface area contributed by atoms with Gasteiger partial charge in [0.2, 0.25) is 0 Å². The van der Waals surface area contributed by atoms with Crippen LogP contribution in [0.4, 0.5) is 0 Å². The maximum absolute atomic E-state index is 7.52. The number of likely N-dealkylation sites (tertiary alicyclic amines) is 1. The van der Waals surface area contributed by atoms with Gasteiger partial charge < -0.3 is 10.6 Å². The summed E-state index contributed by atoms with van der Waals surface area (Å²) in [6.07, 6.45) is 3.86. The standard InChI is InChI=1S/C10H19N3/c1-10(2)6-13(9(11)12)8-5-3-4-7(8)10/h7-8H,3-6H2,1-2H3,(H3,11,12). The molecule has 3 heteroatoms. The minimum Gasteiger partial charge on any atom is -0.370 e. The molecule has 2 rings (SSSR count). The maximum atomic E-state index is 7.52. The Hall–Kier alpha value is -0.730. The van der Waals surface area contributed by atoms with Gasteiger partial charge in [0.1, 0.15) is 0 Å². The largest absolute Gasteiger partial charge is 0.370 e. The third-order valence-electron chi connectivity index (χ3n) is 3.77. The lowest BCUT2D eigenvalue weighted by atomic mass is 9.80. The van der Waals surface area contributed by atoms with Gasteiger partial charge >= 0.3 is 0 Å². The van der Waals surface area contributed by atoms with E-state index in [1.54, 1.807) is 0 Å². The van der Waals surface area contributed by atoms with E-state index in [1.807, 2.05) is 0 Å². The van der Waals surface area contributed by atoms with Crippen LogP contribution in [-0.4, -0.2) is 23.4 Å². The number of rotatable bonds is 0.